The van der Waals surface area contributed by atoms with Crippen LogP contribution >= 0.6 is 0 Å². The van der Waals surface area contributed by atoms with Crippen molar-refractivity contribution in [3.8, 4) is 11.5 Å². The Hall–Kier alpha value is -16.6. The third kappa shape index (κ3) is 23.5. The summed E-state index contributed by atoms with van der Waals surface area (Å²) >= 11 is 0. The Morgan fingerprint density at radius 1 is 0.403 bits per heavy atom. The normalized spacial score (nSPS) is 18.2. The van der Waals surface area contributed by atoms with Gasteiger partial charge in [-0.15, -0.1) is 0 Å². The Morgan fingerprint density at radius 2 is 0.722 bits per heavy atom. The number of carbonyl (C=O) groups is 6. The fourth-order valence-electron chi connectivity index (χ4n) is 17.4. The van der Waals surface area contributed by atoms with E-state index in [-0.39, 0.29) is 48.1 Å². The largest absolute Gasteiger partial charge is 0.495 e. The van der Waals surface area contributed by atoms with Gasteiger partial charge >= 0.3 is 12.2 Å². The molecule has 744 valence electrons. The van der Waals surface area contributed by atoms with Gasteiger partial charge in [0.1, 0.15) is 75.1 Å². The zero-order valence-electron chi connectivity index (χ0n) is 82.0. The van der Waals surface area contributed by atoms with E-state index in [0.29, 0.717) is 156 Å². The average Bonchev–Trinajstić information content (AvgIpc) is 1.63. The summed E-state index contributed by atoms with van der Waals surface area (Å²) < 4.78 is 42.9. The number of hydrogen-bond donors (Lipinski definition) is 12. The number of methoxy groups -OCH3 is 2. The topological polar surface area (TPSA) is 414 Å². The lowest BCUT2D eigenvalue weighted by molar-refractivity contribution is -0.119. The lowest BCUT2D eigenvalue weighted by Crippen LogP contribution is -2.50. The number of ether oxygens (including phenoxy) is 4. The number of aryl methyl sites for hydroxylation is 1. The van der Waals surface area contributed by atoms with E-state index in [4.69, 9.17) is 38.9 Å². The lowest BCUT2D eigenvalue weighted by atomic mass is 9.89. The van der Waals surface area contributed by atoms with E-state index in [9.17, 15) is 33.2 Å². The Bertz CT molecular complexity index is 6800. The number of hydrogen-bond acceptors (Lipinski definition) is 27. The maximum atomic E-state index is 13.8. The van der Waals surface area contributed by atoms with Gasteiger partial charge in [0.05, 0.1) is 76.1 Å². The minimum Gasteiger partial charge on any atom is -0.495 e. The van der Waals surface area contributed by atoms with Crippen LogP contribution < -0.4 is 78.2 Å². The molecule has 12 N–H and O–H groups in total. The number of anilines is 13. The van der Waals surface area contributed by atoms with Crippen LogP contribution in [0, 0.1) is 12.7 Å². The first kappa shape index (κ1) is 96.3. The number of halogens is 1. The van der Waals surface area contributed by atoms with Crippen LogP contribution in [-0.4, -0.2) is 193 Å². The van der Waals surface area contributed by atoms with Crippen LogP contribution in [0.4, 0.5) is 89.0 Å². The number of benzene rings is 4. The Kier molecular flexibility index (Phi) is 27.1. The average molecular weight is 1950 g/mol. The predicted octanol–water partition coefficient (Wildman–Crippen LogP) is 17.5. The maximum absolute atomic E-state index is 13.8. The molecule has 0 atom stereocenters. The molecule has 6 saturated heterocycles. The Morgan fingerprint density at radius 3 is 1.04 bits per heavy atom. The van der Waals surface area contributed by atoms with Crippen LogP contribution in [0.15, 0.2) is 205 Å². The quantitative estimate of drug-likeness (QED) is 0.0267. The van der Waals surface area contributed by atoms with Gasteiger partial charge in [0.25, 0.3) is 0 Å². The van der Waals surface area contributed by atoms with Crippen LogP contribution in [0.25, 0.3) is 46.9 Å². The van der Waals surface area contributed by atoms with E-state index in [1.54, 1.807) is 51.9 Å². The predicted molar refractivity (Wildman–Crippen MR) is 555 cm³/mol. The summed E-state index contributed by atoms with van der Waals surface area (Å²) in [5, 5.41) is 56.7. The first-order chi connectivity index (χ1) is 69.2. The minimum absolute atomic E-state index is 0.0503. The molecule has 0 unspecified atom stereocenters. The minimum atomic E-state index is -0.495. The van der Waals surface area contributed by atoms with Crippen molar-refractivity contribution in [1.82, 2.24) is 89.5 Å². The Labute approximate surface area is 831 Å². The SMILES string of the molecule is C=C1NC(=O)C/C1=C\c1cnn2c(NC3CC3)cc(Nc3cc(C)ccc3OC)nc12.C=C1NC(=O)C/C1=C\c1cnn2c(NC3CC3)cc(Nc3cc(F)ccc3OC)nc12.C=C1NC(=O)C/C1=C\c1cnn2c(NC3CC3)cc(Nc3ccc(C4CCN(C(=O)OC(C)(C)C)CC4)cc3)nc12.C=C1NC(=O)C/C1=C\c1cnn2c(NC3CC3)cc(Nc3ccc(N4CCN(C(=O)OC(C)(C)C)CC4)cc3)nc12. The van der Waals surface area contributed by atoms with Crippen LogP contribution in [-0.2, 0) is 28.7 Å². The summed E-state index contributed by atoms with van der Waals surface area (Å²) in [4.78, 5) is 97.0. The van der Waals surface area contributed by atoms with Gasteiger partial charge in [0.2, 0.25) is 23.6 Å². The third-order valence-electron chi connectivity index (χ3n) is 25.4. The van der Waals surface area contributed by atoms with Gasteiger partial charge in [0.15, 0.2) is 22.6 Å². The first-order valence-corrected chi connectivity index (χ1v) is 48.6. The van der Waals surface area contributed by atoms with Crippen LogP contribution in [0.1, 0.15) is 171 Å². The number of piperazine rings is 1. The number of likely N-dealkylation sites (tertiary alicyclic amines) is 1. The molecule has 4 aromatic carbocycles. The summed E-state index contributed by atoms with van der Waals surface area (Å²) in [6.07, 6.45) is 26.2. The molecule has 37 nitrogen and oxygen atoms in total. The molecule has 6 amide bonds. The standard InChI is InChI=1S/C31H37N7O3.C30H36N8O3.C23H24N6O2.C22H21FN6O2/c1-19-22(16-28(39)33-19)15-23-18-32-38-27(35-25-9-10-25)17-26(36-29(23)38)34-24-7-5-20(6-8-24)21-11-13-37(14-12-21)30(40)41-31(2,3)4;1-19-20(16-27(39)32-19)15-21-18-31-38-26(34-23-5-6-23)17-25(35-28(21)38)33-22-7-9-24(10-8-22)36-11-13-37(14-12-36)29(40)41-30(2,3)4;1-13-4-7-19(31-3)18(8-13)27-20-11-21(26-17-5-6-17)29-23(28-20)16(12-24-29)9-15-10-22(30)25-14(15)2;1-12-13(8-21(30)25-12)7-14-11-24-29-20(26-16-4-5-16)10-19(28-22(14)29)27-17-9-15(23)3-6-18(17)31-2/h5-8,15,17-18,21,25,35H,1,9-14,16H2,2-4H3,(H,33,39)(H,34,36);7-10,15,17-18,23,34H,1,5-6,11-14,16H2,2-4H3,(H,32,39)(H,33,35);4,7-9,11-12,17,26H,2,5-6,10H2,1,3H3,(H,25,30)(H,27,28);3,6-7,9-11,16,26H,1,4-5,8H2,2H3,(H,25,30)(H,27,28)/b22-15+;20-15+;15-9+;13-7+. The number of piperidine rings is 1. The van der Waals surface area contributed by atoms with E-state index in [1.165, 1.54) is 24.8 Å². The van der Waals surface area contributed by atoms with Crippen LogP contribution in [0.5, 0.6) is 11.5 Å². The fourth-order valence-corrected chi connectivity index (χ4v) is 17.4. The van der Waals surface area contributed by atoms with Crippen molar-refractivity contribution in [2.24, 2.45) is 0 Å². The number of nitrogens with zero attached hydrogens (tertiary/aromatic N) is 15. The summed E-state index contributed by atoms with van der Waals surface area (Å²) in [6.45, 7) is 33.2. The van der Waals surface area contributed by atoms with Gasteiger partial charge < -0.3 is 97.4 Å². The van der Waals surface area contributed by atoms with Gasteiger partial charge in [-0.3, -0.25) is 19.2 Å². The number of carbonyl (C=O) groups excluding carboxylic acids is 6. The molecule has 6 aliphatic heterocycles. The summed E-state index contributed by atoms with van der Waals surface area (Å²) in [6, 6.07) is 36.4. The van der Waals surface area contributed by atoms with E-state index in [1.807, 2.05) is 141 Å². The monoisotopic (exact) mass is 1950 g/mol. The molecule has 4 aliphatic carbocycles. The van der Waals surface area contributed by atoms with Crippen molar-refractivity contribution in [3.05, 3.63) is 245 Å². The second-order valence-electron chi connectivity index (χ2n) is 39.5. The summed E-state index contributed by atoms with van der Waals surface area (Å²) in [5.74, 6) is 6.99. The van der Waals surface area contributed by atoms with Crippen molar-refractivity contribution in [1.29, 1.82) is 0 Å². The highest BCUT2D eigenvalue weighted by atomic mass is 19.1. The number of aromatic nitrogens is 12. The van der Waals surface area contributed by atoms with Crippen molar-refractivity contribution in [2.45, 2.75) is 180 Å². The molecule has 10 aliphatic rings. The van der Waals surface area contributed by atoms with E-state index in [2.05, 4.69) is 152 Å². The van der Waals surface area contributed by atoms with Crippen molar-refractivity contribution >= 4 is 158 Å². The molecule has 0 bridgehead atoms. The van der Waals surface area contributed by atoms with E-state index < -0.39 is 11.2 Å². The van der Waals surface area contributed by atoms with Crippen molar-refractivity contribution in [2.75, 3.05) is 101 Å². The summed E-state index contributed by atoms with van der Waals surface area (Å²) in [7, 11) is 3.18. The van der Waals surface area contributed by atoms with Gasteiger partial charge in [-0.1, -0.05) is 44.5 Å². The van der Waals surface area contributed by atoms with Gasteiger partial charge in [-0.25, -0.2) is 33.9 Å². The molecule has 14 heterocycles. The molecule has 8 aromatic heterocycles. The summed E-state index contributed by atoms with van der Waals surface area (Å²) in [5.41, 5.74) is 17.3. The molecule has 38 heteroatoms. The smallest absolute Gasteiger partial charge is 0.410 e. The molecular formula is C106H118FN27O10. The zero-order chi connectivity index (χ0) is 101. The maximum Gasteiger partial charge on any atom is 0.410 e. The molecule has 12 aromatic rings. The second kappa shape index (κ2) is 40.6. The Balaban J connectivity index is 0.000000123. The highest BCUT2D eigenvalue weighted by Crippen LogP contribution is 2.40. The van der Waals surface area contributed by atoms with Crippen molar-refractivity contribution < 1.29 is 52.1 Å². The van der Waals surface area contributed by atoms with Crippen LogP contribution in [0.3, 0.4) is 0 Å². The van der Waals surface area contributed by atoms with E-state index >= 15 is 0 Å². The number of amides is 6. The molecule has 4 saturated carbocycles. The highest BCUT2D eigenvalue weighted by Gasteiger charge is 2.34. The third-order valence-corrected chi connectivity index (χ3v) is 25.4. The zero-order valence-corrected chi connectivity index (χ0v) is 82.0. The van der Waals surface area contributed by atoms with E-state index in [0.717, 1.165) is 179 Å². The molecule has 22 rings (SSSR count). The van der Waals surface area contributed by atoms with Gasteiger partial charge in [0, 0.05) is 156 Å². The highest BCUT2D eigenvalue weighted by molar-refractivity contribution is 5.93. The molecule has 144 heavy (non-hydrogen) atoms. The number of nitrogens with one attached hydrogen (secondary N) is 12. The second-order valence-corrected chi connectivity index (χ2v) is 39.5. The first-order valence-electron chi connectivity index (χ1n) is 48.6. The molecule has 0 spiro atoms. The molecule has 10 fully saturated rings. The van der Waals surface area contributed by atoms with Gasteiger partial charge in [-0.05, 0) is 237 Å². The fraction of sp³-hybridized carbons (Fsp3) is 0.340. The number of rotatable bonds is 24. The van der Waals surface area contributed by atoms with Gasteiger partial charge in [-0.2, -0.15) is 38.5 Å². The van der Waals surface area contributed by atoms with Crippen LogP contribution in [0.2, 0.25) is 0 Å². The number of fused-ring (bicyclic) bond motifs is 4. The molecular weight excluding hydrogens is 1830 g/mol. The van der Waals surface area contributed by atoms with Crippen molar-refractivity contribution in [3.63, 3.8) is 0 Å². The molecule has 0 radical (unpaired) electrons. The lowest BCUT2D eigenvalue weighted by Gasteiger charge is -2.36. The number of allylic oxidation sites excluding steroid dienone is 4.